The molecule has 1 N–H and O–H groups in total. The predicted molar refractivity (Wildman–Crippen MR) is 128 cm³/mol. The first-order chi connectivity index (χ1) is 16.3. The number of carbonyl (C=O) groups is 2. The quantitative estimate of drug-likeness (QED) is 0.465. The Labute approximate surface area is 210 Å². The molecule has 2 aromatic carbocycles. The summed E-state index contributed by atoms with van der Waals surface area (Å²) in [5, 5.41) is 2.78. The molecule has 0 aliphatic heterocycles. The van der Waals surface area contributed by atoms with Crippen molar-refractivity contribution in [2.75, 3.05) is 34.2 Å². The number of hydrogen-bond acceptors (Lipinski definition) is 3. The predicted octanol–water partition coefficient (Wildman–Crippen LogP) is 4.39. The van der Waals surface area contributed by atoms with E-state index >= 15 is 0 Å². The molecule has 35 heavy (non-hydrogen) atoms. The second-order valence-corrected chi connectivity index (χ2v) is 10.1. The molecule has 0 radical (unpaired) electrons. The van der Waals surface area contributed by atoms with Gasteiger partial charge in [0.15, 0.2) is 0 Å². The maximum atomic E-state index is 14.7. The van der Waals surface area contributed by atoms with Crippen LogP contribution in [0.4, 0.5) is 17.6 Å². The number of amides is 2. The van der Waals surface area contributed by atoms with Crippen LogP contribution in [-0.4, -0.2) is 61.9 Å². The topological polar surface area (TPSA) is 52.6 Å². The molecule has 0 spiro atoms. The molecule has 5 nitrogen and oxygen atoms in total. The van der Waals surface area contributed by atoms with Crippen molar-refractivity contribution in [3.63, 3.8) is 0 Å². The van der Waals surface area contributed by atoms with Crippen LogP contribution in [0.3, 0.4) is 0 Å². The minimum absolute atomic E-state index is 0.0844. The second-order valence-electron chi connectivity index (χ2n) is 9.19. The highest BCUT2D eigenvalue weighted by Crippen LogP contribution is 2.50. The van der Waals surface area contributed by atoms with E-state index in [4.69, 9.17) is 0 Å². The van der Waals surface area contributed by atoms with Crippen LogP contribution in [0.25, 0.3) is 0 Å². The Morgan fingerprint density at radius 3 is 2.20 bits per heavy atom. The first-order valence-corrected chi connectivity index (χ1v) is 11.9. The van der Waals surface area contributed by atoms with Gasteiger partial charge in [0.2, 0.25) is 11.8 Å². The number of benzene rings is 2. The van der Waals surface area contributed by atoms with E-state index in [1.54, 1.807) is 7.05 Å². The van der Waals surface area contributed by atoms with Gasteiger partial charge in [0, 0.05) is 36.6 Å². The van der Waals surface area contributed by atoms with Crippen molar-refractivity contribution in [2.45, 2.75) is 36.9 Å². The molecule has 0 aromatic heterocycles. The number of carbonyl (C=O) groups excluding carboxylic acids is 2. The fourth-order valence-corrected chi connectivity index (χ4v) is 4.17. The summed E-state index contributed by atoms with van der Waals surface area (Å²) in [6.45, 7) is 1.07. The molecule has 10 heteroatoms. The monoisotopic (exact) mass is 557 g/mol. The fourth-order valence-electron chi connectivity index (χ4n) is 3.90. The molecule has 0 unspecified atom stereocenters. The van der Waals surface area contributed by atoms with Crippen LogP contribution < -0.4 is 5.32 Å². The number of likely N-dealkylation sites (N-methyl/N-ethyl adjacent to an activating group) is 2. The van der Waals surface area contributed by atoms with Gasteiger partial charge in [-0.05, 0) is 56.8 Å². The second kappa shape index (κ2) is 10.7. The minimum Gasteiger partial charge on any atom is -0.343 e. The van der Waals surface area contributed by atoms with E-state index in [0.717, 1.165) is 22.2 Å². The van der Waals surface area contributed by atoms with Gasteiger partial charge >= 0.3 is 6.18 Å². The van der Waals surface area contributed by atoms with Gasteiger partial charge in [0.25, 0.3) is 0 Å². The standard InChI is InChI=1S/C25H28BrF4N3O2/c1-32(2)12-13-33(3)22(34)21(14-16-4-7-18(26)8-5-16)31-23(35)24(10-11-24)19-9-6-17(15-20(19)27)25(28,29)30/h4-9,15,21H,10-14H2,1-3H3,(H,31,35)/t21-/m0/s1. The van der Waals surface area contributed by atoms with Crippen molar-refractivity contribution in [3.05, 3.63) is 69.4 Å². The van der Waals surface area contributed by atoms with Crippen molar-refractivity contribution in [1.82, 2.24) is 15.1 Å². The Kier molecular flexibility index (Phi) is 8.26. The van der Waals surface area contributed by atoms with Gasteiger partial charge in [-0.3, -0.25) is 9.59 Å². The molecule has 1 aliphatic rings. The molecule has 2 amide bonds. The Morgan fingerprint density at radius 1 is 1.06 bits per heavy atom. The summed E-state index contributed by atoms with van der Waals surface area (Å²) in [7, 11) is 5.42. The van der Waals surface area contributed by atoms with Crippen molar-refractivity contribution >= 4 is 27.7 Å². The summed E-state index contributed by atoms with van der Waals surface area (Å²) in [6.07, 6.45) is -3.89. The van der Waals surface area contributed by atoms with Crippen molar-refractivity contribution in [2.24, 2.45) is 0 Å². The van der Waals surface area contributed by atoms with Gasteiger partial charge < -0.3 is 15.1 Å². The lowest BCUT2D eigenvalue weighted by atomic mass is 9.92. The van der Waals surface area contributed by atoms with Crippen LogP contribution in [0.15, 0.2) is 46.9 Å². The smallest absolute Gasteiger partial charge is 0.343 e. The molecule has 3 rings (SSSR count). The Bertz CT molecular complexity index is 1070. The van der Waals surface area contributed by atoms with E-state index in [9.17, 15) is 27.2 Å². The lowest BCUT2D eigenvalue weighted by Gasteiger charge is -2.27. The Hall–Kier alpha value is -2.46. The third-order valence-corrected chi connectivity index (χ3v) is 6.74. The third-order valence-electron chi connectivity index (χ3n) is 6.21. The summed E-state index contributed by atoms with van der Waals surface area (Å²) < 4.78 is 54.4. The lowest BCUT2D eigenvalue weighted by molar-refractivity contribution is -0.138. The molecular formula is C25H28BrF4N3O2. The van der Waals surface area contributed by atoms with E-state index in [0.29, 0.717) is 19.2 Å². The highest BCUT2D eigenvalue weighted by Gasteiger charge is 2.53. The Morgan fingerprint density at radius 2 is 1.69 bits per heavy atom. The zero-order chi connectivity index (χ0) is 26.0. The van der Waals surface area contributed by atoms with Gasteiger partial charge in [0.05, 0.1) is 11.0 Å². The van der Waals surface area contributed by atoms with E-state index in [1.165, 1.54) is 4.90 Å². The van der Waals surface area contributed by atoms with E-state index in [2.05, 4.69) is 21.2 Å². The van der Waals surface area contributed by atoms with Crippen LogP contribution >= 0.6 is 15.9 Å². The zero-order valence-corrected chi connectivity index (χ0v) is 21.3. The van der Waals surface area contributed by atoms with Gasteiger partial charge in [0.1, 0.15) is 11.9 Å². The number of rotatable bonds is 9. The van der Waals surface area contributed by atoms with E-state index in [-0.39, 0.29) is 30.7 Å². The summed E-state index contributed by atoms with van der Waals surface area (Å²) in [6, 6.07) is 8.64. The third kappa shape index (κ3) is 6.61. The number of nitrogens with zero attached hydrogens (tertiary/aromatic N) is 2. The van der Waals surface area contributed by atoms with Gasteiger partial charge in [-0.1, -0.05) is 34.1 Å². The molecule has 190 valence electrons. The molecule has 0 heterocycles. The minimum atomic E-state index is -4.68. The molecule has 2 aromatic rings. The van der Waals surface area contributed by atoms with Gasteiger partial charge in [-0.15, -0.1) is 0 Å². The molecule has 1 atom stereocenters. The highest BCUT2D eigenvalue weighted by atomic mass is 79.9. The maximum Gasteiger partial charge on any atom is 0.416 e. The number of alkyl halides is 3. The Balaban J connectivity index is 1.83. The average molecular weight is 558 g/mol. The first kappa shape index (κ1) is 27.1. The van der Waals surface area contributed by atoms with Crippen molar-refractivity contribution in [3.8, 4) is 0 Å². The summed E-state index contributed by atoms with van der Waals surface area (Å²) in [5.41, 5.74) is -1.66. The van der Waals surface area contributed by atoms with Gasteiger partial charge in [-0.2, -0.15) is 13.2 Å². The largest absolute Gasteiger partial charge is 0.416 e. The molecule has 1 fully saturated rings. The molecule has 0 bridgehead atoms. The first-order valence-electron chi connectivity index (χ1n) is 11.2. The number of nitrogens with one attached hydrogen (secondary N) is 1. The average Bonchev–Trinajstić information content (AvgIpc) is 3.59. The molecule has 0 saturated heterocycles. The van der Waals surface area contributed by atoms with Crippen LogP contribution in [0.1, 0.15) is 29.5 Å². The molecule has 1 saturated carbocycles. The highest BCUT2D eigenvalue weighted by molar-refractivity contribution is 9.10. The zero-order valence-electron chi connectivity index (χ0n) is 19.8. The van der Waals surface area contributed by atoms with E-state index in [1.807, 2.05) is 43.3 Å². The summed E-state index contributed by atoms with van der Waals surface area (Å²) in [5.74, 6) is -1.94. The maximum absolute atomic E-state index is 14.7. The van der Waals surface area contributed by atoms with E-state index < -0.39 is 34.9 Å². The van der Waals surface area contributed by atoms with Crippen LogP contribution in [0.5, 0.6) is 0 Å². The van der Waals surface area contributed by atoms with Crippen molar-refractivity contribution < 1.29 is 27.2 Å². The fraction of sp³-hybridized carbons (Fsp3) is 0.440. The normalized spacial score (nSPS) is 15.6. The number of halogens is 5. The summed E-state index contributed by atoms with van der Waals surface area (Å²) in [4.78, 5) is 30.0. The number of hydrogen-bond donors (Lipinski definition) is 1. The summed E-state index contributed by atoms with van der Waals surface area (Å²) >= 11 is 3.37. The van der Waals surface area contributed by atoms with Crippen LogP contribution in [-0.2, 0) is 27.6 Å². The molecule has 1 aliphatic carbocycles. The van der Waals surface area contributed by atoms with Crippen molar-refractivity contribution in [1.29, 1.82) is 0 Å². The van der Waals surface area contributed by atoms with Gasteiger partial charge in [-0.25, -0.2) is 4.39 Å². The van der Waals surface area contributed by atoms with Crippen LogP contribution in [0, 0.1) is 5.82 Å². The van der Waals surface area contributed by atoms with Crippen LogP contribution in [0.2, 0.25) is 0 Å². The lowest BCUT2D eigenvalue weighted by Crippen LogP contribution is -2.52. The molecular weight excluding hydrogens is 530 g/mol. The SMILES string of the molecule is CN(C)CCN(C)C(=O)[C@H](Cc1ccc(Br)cc1)NC(=O)C1(c2ccc(C(F)(F)F)cc2F)CC1.